The number of aromatic nitrogens is 3. The smallest absolute Gasteiger partial charge is 0.254 e. The molecule has 0 aliphatic carbocycles. The van der Waals surface area contributed by atoms with E-state index in [1.165, 1.54) is 4.90 Å². The lowest BCUT2D eigenvalue weighted by Gasteiger charge is -2.17. The van der Waals surface area contributed by atoms with E-state index in [1.54, 1.807) is 36.0 Å². The lowest BCUT2D eigenvalue weighted by Crippen LogP contribution is -2.35. The van der Waals surface area contributed by atoms with Gasteiger partial charge in [-0.05, 0) is 49.7 Å². The maximum Gasteiger partial charge on any atom is 0.254 e. The first-order valence-corrected chi connectivity index (χ1v) is 8.91. The molecule has 1 aromatic heterocycles. The Morgan fingerprint density at radius 2 is 2.00 bits per heavy atom. The molecule has 0 fully saturated rings. The Kier molecular flexibility index (Phi) is 5.41. The summed E-state index contributed by atoms with van der Waals surface area (Å²) in [6.45, 7) is 4.49. The van der Waals surface area contributed by atoms with E-state index in [4.69, 9.17) is 11.6 Å². The summed E-state index contributed by atoms with van der Waals surface area (Å²) in [6.07, 6.45) is 0. The van der Waals surface area contributed by atoms with Gasteiger partial charge in [-0.2, -0.15) is 0 Å². The van der Waals surface area contributed by atoms with Gasteiger partial charge in [0.15, 0.2) is 0 Å². The zero-order valence-electron chi connectivity index (χ0n) is 15.4. The van der Waals surface area contributed by atoms with Crippen LogP contribution in [0, 0.1) is 6.92 Å². The zero-order chi connectivity index (χ0) is 19.6. The summed E-state index contributed by atoms with van der Waals surface area (Å²) in [5, 5.41) is 11.3. The maximum absolute atomic E-state index is 12.6. The van der Waals surface area contributed by atoms with Gasteiger partial charge in [-0.1, -0.05) is 22.9 Å². The van der Waals surface area contributed by atoms with Crippen molar-refractivity contribution in [3.05, 3.63) is 52.5 Å². The molecule has 0 radical (unpaired) electrons. The summed E-state index contributed by atoms with van der Waals surface area (Å²) in [4.78, 5) is 26.2. The lowest BCUT2D eigenvalue weighted by atomic mass is 10.1. The van der Waals surface area contributed by atoms with Gasteiger partial charge in [-0.15, -0.1) is 5.10 Å². The fourth-order valence-electron chi connectivity index (χ4n) is 2.76. The molecule has 3 rings (SSSR count). The lowest BCUT2D eigenvalue weighted by molar-refractivity contribution is -0.116. The van der Waals surface area contributed by atoms with E-state index in [-0.39, 0.29) is 18.4 Å². The molecule has 8 heteroatoms. The third-order valence-corrected chi connectivity index (χ3v) is 4.50. The maximum atomic E-state index is 12.6. The molecular weight excluding hydrogens is 366 g/mol. The number of likely N-dealkylation sites (N-methyl/N-ethyl adjacent to an activating group) is 1. The second-order valence-electron chi connectivity index (χ2n) is 6.30. The number of hydrogen-bond donors (Lipinski definition) is 1. The first-order chi connectivity index (χ1) is 12.9. The molecule has 7 nitrogen and oxygen atoms in total. The summed E-state index contributed by atoms with van der Waals surface area (Å²) in [5.74, 6) is -0.595. The standard InChI is InChI=1S/C19H20ClN5O2/c1-4-25-17-8-6-13(10-16(17)22-23-25)19(27)24(3)11-18(26)21-15-7-5-12(2)9-14(15)20/h5-10H,4,11H2,1-3H3,(H,21,26). The summed E-state index contributed by atoms with van der Waals surface area (Å²) in [6, 6.07) is 10.6. The van der Waals surface area contributed by atoms with Crippen molar-refractivity contribution in [2.24, 2.45) is 0 Å². The van der Waals surface area contributed by atoms with Crippen LogP contribution < -0.4 is 5.32 Å². The Balaban J connectivity index is 1.68. The van der Waals surface area contributed by atoms with Gasteiger partial charge in [0.2, 0.25) is 5.91 Å². The Labute approximate surface area is 161 Å². The minimum atomic E-state index is -0.324. The molecule has 1 heterocycles. The number of rotatable bonds is 5. The van der Waals surface area contributed by atoms with Gasteiger partial charge < -0.3 is 10.2 Å². The molecule has 2 amide bonds. The van der Waals surface area contributed by atoms with Crippen molar-refractivity contribution in [1.82, 2.24) is 19.9 Å². The fourth-order valence-corrected chi connectivity index (χ4v) is 3.04. The highest BCUT2D eigenvalue weighted by Crippen LogP contribution is 2.22. The number of nitrogens with one attached hydrogen (secondary N) is 1. The first kappa shape index (κ1) is 18.8. The molecule has 0 aliphatic rings. The van der Waals surface area contributed by atoms with Crippen LogP contribution in [0.1, 0.15) is 22.8 Å². The average Bonchev–Trinajstić information content (AvgIpc) is 3.05. The number of carbonyl (C=O) groups is 2. The van der Waals surface area contributed by atoms with E-state index >= 15 is 0 Å². The van der Waals surface area contributed by atoms with Crippen molar-refractivity contribution in [2.75, 3.05) is 18.9 Å². The number of amides is 2. The van der Waals surface area contributed by atoms with Gasteiger partial charge in [-0.25, -0.2) is 4.68 Å². The Morgan fingerprint density at radius 3 is 2.70 bits per heavy atom. The van der Waals surface area contributed by atoms with E-state index in [0.29, 0.717) is 28.3 Å². The topological polar surface area (TPSA) is 80.1 Å². The third kappa shape index (κ3) is 4.09. The second kappa shape index (κ2) is 7.75. The molecule has 3 aromatic rings. The number of anilines is 1. The van der Waals surface area contributed by atoms with Gasteiger partial charge in [0.1, 0.15) is 5.52 Å². The highest BCUT2D eigenvalue weighted by Gasteiger charge is 2.17. The second-order valence-corrected chi connectivity index (χ2v) is 6.71. The molecule has 0 saturated carbocycles. The summed E-state index contributed by atoms with van der Waals surface area (Å²) in [7, 11) is 1.58. The number of fused-ring (bicyclic) bond motifs is 1. The SMILES string of the molecule is CCn1nnc2cc(C(=O)N(C)CC(=O)Nc3ccc(C)cc3Cl)ccc21. The quantitative estimate of drug-likeness (QED) is 0.731. The van der Waals surface area contributed by atoms with Crippen molar-refractivity contribution in [3.8, 4) is 0 Å². The van der Waals surface area contributed by atoms with Crippen molar-refractivity contribution in [3.63, 3.8) is 0 Å². The Morgan fingerprint density at radius 1 is 1.22 bits per heavy atom. The van der Waals surface area contributed by atoms with Gasteiger partial charge in [0.25, 0.3) is 5.91 Å². The van der Waals surface area contributed by atoms with Gasteiger partial charge in [-0.3, -0.25) is 9.59 Å². The van der Waals surface area contributed by atoms with E-state index in [9.17, 15) is 9.59 Å². The molecule has 0 atom stereocenters. The molecule has 2 aromatic carbocycles. The molecule has 140 valence electrons. The van der Waals surface area contributed by atoms with E-state index < -0.39 is 0 Å². The molecule has 0 bridgehead atoms. The molecule has 27 heavy (non-hydrogen) atoms. The van der Waals surface area contributed by atoms with Crippen LogP contribution in [0.25, 0.3) is 11.0 Å². The van der Waals surface area contributed by atoms with Crippen LogP contribution in [0.3, 0.4) is 0 Å². The summed E-state index contributed by atoms with van der Waals surface area (Å²) in [5.41, 5.74) is 3.48. The number of hydrogen-bond acceptors (Lipinski definition) is 4. The number of benzene rings is 2. The van der Waals surface area contributed by atoms with Crippen LogP contribution in [-0.4, -0.2) is 45.3 Å². The van der Waals surface area contributed by atoms with E-state index in [2.05, 4.69) is 15.6 Å². The molecule has 1 N–H and O–H groups in total. The Bertz CT molecular complexity index is 1010. The fraction of sp³-hybridized carbons (Fsp3) is 0.263. The van der Waals surface area contributed by atoms with Crippen LogP contribution in [0.2, 0.25) is 5.02 Å². The predicted octanol–water partition coefficient (Wildman–Crippen LogP) is 3.12. The summed E-state index contributed by atoms with van der Waals surface area (Å²) < 4.78 is 1.76. The highest BCUT2D eigenvalue weighted by molar-refractivity contribution is 6.33. The first-order valence-electron chi connectivity index (χ1n) is 8.53. The minimum absolute atomic E-state index is 0.0945. The van der Waals surface area contributed by atoms with Crippen LogP contribution in [-0.2, 0) is 11.3 Å². The van der Waals surface area contributed by atoms with Crippen molar-refractivity contribution in [2.45, 2.75) is 20.4 Å². The van der Waals surface area contributed by atoms with Crippen molar-refractivity contribution in [1.29, 1.82) is 0 Å². The molecule has 0 spiro atoms. The van der Waals surface area contributed by atoms with Crippen LogP contribution in [0.5, 0.6) is 0 Å². The zero-order valence-corrected chi connectivity index (χ0v) is 16.1. The van der Waals surface area contributed by atoms with Gasteiger partial charge in [0, 0.05) is 19.2 Å². The highest BCUT2D eigenvalue weighted by atomic mass is 35.5. The van der Waals surface area contributed by atoms with E-state index in [0.717, 1.165) is 11.1 Å². The molecule has 0 unspecified atom stereocenters. The molecular formula is C19H20ClN5O2. The predicted molar refractivity (Wildman–Crippen MR) is 105 cm³/mol. The van der Waals surface area contributed by atoms with Crippen molar-refractivity contribution < 1.29 is 9.59 Å². The number of nitrogens with zero attached hydrogens (tertiary/aromatic N) is 4. The summed E-state index contributed by atoms with van der Waals surface area (Å²) >= 11 is 6.13. The van der Waals surface area contributed by atoms with Gasteiger partial charge >= 0.3 is 0 Å². The average molecular weight is 386 g/mol. The molecule has 0 saturated heterocycles. The van der Waals surface area contributed by atoms with Crippen LogP contribution in [0.4, 0.5) is 5.69 Å². The monoisotopic (exact) mass is 385 g/mol. The van der Waals surface area contributed by atoms with Crippen molar-refractivity contribution >= 4 is 40.1 Å². The van der Waals surface area contributed by atoms with Gasteiger partial charge in [0.05, 0.1) is 22.8 Å². The Hall–Kier alpha value is -2.93. The molecule has 0 aliphatic heterocycles. The number of aryl methyl sites for hydroxylation is 2. The number of carbonyl (C=O) groups excluding carboxylic acids is 2. The van der Waals surface area contributed by atoms with E-state index in [1.807, 2.05) is 26.0 Å². The normalized spacial score (nSPS) is 10.8. The minimum Gasteiger partial charge on any atom is -0.332 e. The largest absolute Gasteiger partial charge is 0.332 e. The van der Waals surface area contributed by atoms with Crippen LogP contribution in [0.15, 0.2) is 36.4 Å². The van der Waals surface area contributed by atoms with Crippen LogP contribution >= 0.6 is 11.6 Å². The third-order valence-electron chi connectivity index (χ3n) is 4.19. The number of halogens is 1.